The fourth-order valence-corrected chi connectivity index (χ4v) is 4.10. The number of methoxy groups -OCH3 is 2. The van der Waals surface area contributed by atoms with Gasteiger partial charge in [0.1, 0.15) is 11.5 Å². The lowest BCUT2D eigenvalue weighted by molar-refractivity contribution is 0.0547. The number of hydrogen-bond donors (Lipinski definition) is 1. The highest BCUT2D eigenvalue weighted by Gasteiger charge is 2.31. The van der Waals surface area contributed by atoms with Crippen LogP contribution in [-0.2, 0) is 20.8 Å². The fourth-order valence-electron chi connectivity index (χ4n) is 3.14. The monoisotopic (exact) mass is 404 g/mol. The average Bonchev–Trinajstić information content (AvgIpc) is 3.23. The second-order valence-corrected chi connectivity index (χ2v) is 7.51. The molecule has 0 unspecified atom stereocenters. The number of carbonyl (C=O) groups is 2. The summed E-state index contributed by atoms with van der Waals surface area (Å²) in [5.74, 6) is -0.336. The molecule has 1 aromatic heterocycles. The van der Waals surface area contributed by atoms with Gasteiger partial charge < -0.3 is 24.4 Å². The Morgan fingerprint density at radius 2 is 1.96 bits per heavy atom. The lowest BCUT2D eigenvalue weighted by Crippen LogP contribution is -2.54. The number of hydrogen-bond acceptors (Lipinski definition) is 7. The highest BCUT2D eigenvalue weighted by atomic mass is 32.1. The number of amides is 1. The number of alkyl carbamates (subject to hydrolysis) is 1. The van der Waals surface area contributed by atoms with E-state index >= 15 is 0 Å². The number of carbonyl (C=O) groups excluding carboxylic acids is 2. The lowest BCUT2D eigenvalue weighted by Gasteiger charge is -2.38. The molecule has 1 N–H and O–H groups in total. The Morgan fingerprint density at radius 1 is 1.18 bits per heavy atom. The van der Waals surface area contributed by atoms with Crippen LogP contribution in [-0.4, -0.2) is 51.5 Å². The zero-order valence-electron chi connectivity index (χ0n) is 15.9. The summed E-state index contributed by atoms with van der Waals surface area (Å²) in [5.41, 5.74) is 0.940. The largest absolute Gasteiger partial charge is 0.465 e. The summed E-state index contributed by atoms with van der Waals surface area (Å²) in [5, 5.41) is 3.89. The summed E-state index contributed by atoms with van der Waals surface area (Å²) in [4.78, 5) is 26.5. The van der Waals surface area contributed by atoms with Gasteiger partial charge in [-0.15, -0.1) is 11.3 Å². The van der Waals surface area contributed by atoms with Gasteiger partial charge >= 0.3 is 12.1 Å². The van der Waals surface area contributed by atoms with Crippen molar-refractivity contribution in [1.82, 2.24) is 5.32 Å². The van der Waals surface area contributed by atoms with Crippen LogP contribution in [0.25, 0.3) is 0 Å². The van der Waals surface area contributed by atoms with Gasteiger partial charge in [0.2, 0.25) is 0 Å². The van der Waals surface area contributed by atoms with Gasteiger partial charge in [-0.3, -0.25) is 0 Å². The second kappa shape index (κ2) is 9.57. The molecule has 2 aromatic rings. The Bertz CT molecular complexity index is 795. The van der Waals surface area contributed by atoms with Crippen molar-refractivity contribution in [3.05, 3.63) is 52.9 Å². The zero-order valence-corrected chi connectivity index (χ0v) is 16.7. The Balaban J connectivity index is 1.53. The maximum atomic E-state index is 12.2. The Labute approximate surface area is 168 Å². The molecule has 2 atom stereocenters. The molecule has 0 aliphatic carbocycles. The van der Waals surface area contributed by atoms with E-state index in [9.17, 15) is 9.59 Å². The van der Waals surface area contributed by atoms with Crippen molar-refractivity contribution >= 4 is 28.4 Å². The first-order valence-corrected chi connectivity index (χ1v) is 9.85. The molecular formula is C20H24N2O5S. The smallest absolute Gasteiger partial charge is 0.407 e. The van der Waals surface area contributed by atoms with Gasteiger partial charge in [-0.2, -0.15) is 0 Å². The predicted molar refractivity (Wildman–Crippen MR) is 107 cm³/mol. The van der Waals surface area contributed by atoms with E-state index in [2.05, 4.69) is 10.2 Å². The van der Waals surface area contributed by atoms with Gasteiger partial charge in [-0.25, -0.2) is 9.59 Å². The van der Waals surface area contributed by atoms with Crippen LogP contribution in [0, 0.1) is 0 Å². The Kier molecular flexibility index (Phi) is 6.89. The molecule has 8 heteroatoms. The first kappa shape index (κ1) is 20.2. The summed E-state index contributed by atoms with van der Waals surface area (Å²) in [6, 6.07) is 13.1. The van der Waals surface area contributed by atoms with E-state index in [0.717, 1.165) is 17.1 Å². The topological polar surface area (TPSA) is 77.1 Å². The number of nitrogens with one attached hydrogen (secondary N) is 1. The molecule has 1 fully saturated rings. The predicted octanol–water partition coefficient (Wildman–Crippen LogP) is 3.05. The minimum Gasteiger partial charge on any atom is -0.465 e. The summed E-state index contributed by atoms with van der Waals surface area (Å²) in [7, 11) is 3.00. The van der Waals surface area contributed by atoms with Gasteiger partial charge in [0.15, 0.2) is 0 Å². The van der Waals surface area contributed by atoms with Crippen LogP contribution in [0.3, 0.4) is 0 Å². The molecule has 7 nitrogen and oxygen atoms in total. The molecule has 1 amide bonds. The maximum absolute atomic E-state index is 12.2. The number of anilines is 1. The molecule has 150 valence electrons. The third-order valence-electron chi connectivity index (χ3n) is 4.67. The highest BCUT2D eigenvalue weighted by molar-refractivity contribution is 7.17. The van der Waals surface area contributed by atoms with Crippen LogP contribution in [0.4, 0.5) is 9.80 Å². The van der Waals surface area contributed by atoms with E-state index in [1.165, 1.54) is 18.4 Å². The number of nitrogens with zero attached hydrogens (tertiary/aromatic N) is 1. The van der Waals surface area contributed by atoms with Crippen molar-refractivity contribution in [3.8, 4) is 0 Å². The van der Waals surface area contributed by atoms with E-state index in [0.29, 0.717) is 17.8 Å². The van der Waals surface area contributed by atoms with Gasteiger partial charge in [0.05, 0.1) is 24.3 Å². The van der Waals surface area contributed by atoms with E-state index in [-0.39, 0.29) is 24.7 Å². The van der Waals surface area contributed by atoms with E-state index in [1.54, 1.807) is 13.2 Å². The second-order valence-electron chi connectivity index (χ2n) is 6.45. The molecule has 3 rings (SSSR count). The number of piperidine rings is 1. The average molecular weight is 404 g/mol. The van der Waals surface area contributed by atoms with Gasteiger partial charge in [-0.05, 0) is 24.1 Å². The standard InChI is InChI=1S/C20H24N2O5S/c1-25-16-12-22(18-9-8-17(28-18)19(23)26-2)11-10-15(16)21-20(24)27-13-14-6-4-3-5-7-14/h3-9,15-16H,10-13H2,1-2H3,(H,21,24)/t15-,16+/m1/s1. The van der Waals surface area contributed by atoms with Crippen LogP contribution in [0.2, 0.25) is 0 Å². The van der Waals surface area contributed by atoms with Crippen molar-refractivity contribution < 1.29 is 23.8 Å². The minimum absolute atomic E-state index is 0.135. The van der Waals surface area contributed by atoms with Crippen molar-refractivity contribution in [2.75, 3.05) is 32.2 Å². The quantitative estimate of drug-likeness (QED) is 0.746. The number of benzene rings is 1. The van der Waals surface area contributed by atoms with Gasteiger partial charge in [0, 0.05) is 20.2 Å². The number of rotatable bonds is 6. The summed E-state index contributed by atoms with van der Waals surface area (Å²) in [6.45, 7) is 1.58. The van der Waals surface area contributed by atoms with Gasteiger partial charge in [-0.1, -0.05) is 30.3 Å². The first-order chi connectivity index (χ1) is 13.6. The van der Waals surface area contributed by atoms with Crippen molar-refractivity contribution in [3.63, 3.8) is 0 Å². The number of esters is 1. The Morgan fingerprint density at radius 3 is 2.68 bits per heavy atom. The van der Waals surface area contributed by atoms with Crippen LogP contribution < -0.4 is 10.2 Å². The van der Waals surface area contributed by atoms with Gasteiger partial charge in [0.25, 0.3) is 0 Å². The molecule has 0 bridgehead atoms. The molecule has 28 heavy (non-hydrogen) atoms. The number of ether oxygens (including phenoxy) is 3. The highest BCUT2D eigenvalue weighted by Crippen LogP contribution is 2.29. The van der Waals surface area contributed by atoms with Crippen LogP contribution >= 0.6 is 11.3 Å². The Hall–Kier alpha value is -2.58. The fraction of sp³-hybridized carbons (Fsp3) is 0.400. The molecule has 1 aliphatic rings. The molecule has 2 heterocycles. The number of thiophene rings is 1. The molecule has 0 saturated carbocycles. The SMILES string of the molecule is COC(=O)c1ccc(N2CC[C@@H](NC(=O)OCc3ccccc3)[C@@H](OC)C2)s1. The van der Waals surface area contributed by atoms with E-state index < -0.39 is 6.09 Å². The zero-order chi connectivity index (χ0) is 19.9. The van der Waals surface area contributed by atoms with Crippen LogP contribution in [0.1, 0.15) is 21.7 Å². The molecule has 1 aliphatic heterocycles. The van der Waals surface area contributed by atoms with Crippen molar-refractivity contribution in [2.24, 2.45) is 0 Å². The van der Waals surface area contributed by atoms with Crippen molar-refractivity contribution in [1.29, 1.82) is 0 Å². The maximum Gasteiger partial charge on any atom is 0.407 e. The molecule has 1 saturated heterocycles. The molecule has 1 aromatic carbocycles. The summed E-state index contributed by atoms with van der Waals surface area (Å²) >= 11 is 1.39. The molecular weight excluding hydrogens is 380 g/mol. The molecule has 0 spiro atoms. The molecule has 0 radical (unpaired) electrons. The minimum atomic E-state index is -0.451. The lowest BCUT2D eigenvalue weighted by atomic mass is 10.0. The normalized spacial score (nSPS) is 19.1. The van der Waals surface area contributed by atoms with E-state index in [4.69, 9.17) is 14.2 Å². The van der Waals surface area contributed by atoms with E-state index in [1.807, 2.05) is 36.4 Å². The summed E-state index contributed by atoms with van der Waals surface area (Å²) in [6.07, 6.45) is 0.0832. The van der Waals surface area contributed by atoms with Crippen LogP contribution in [0.15, 0.2) is 42.5 Å². The third kappa shape index (κ3) is 5.02. The first-order valence-electron chi connectivity index (χ1n) is 9.04. The van der Waals surface area contributed by atoms with Crippen LogP contribution in [0.5, 0.6) is 0 Å². The van der Waals surface area contributed by atoms with Crippen molar-refractivity contribution in [2.45, 2.75) is 25.2 Å². The third-order valence-corrected chi connectivity index (χ3v) is 5.79. The summed E-state index contributed by atoms with van der Waals surface area (Å²) < 4.78 is 15.7.